The van der Waals surface area contributed by atoms with Gasteiger partial charge in [-0.15, -0.1) is 11.8 Å². The minimum absolute atomic E-state index is 0.370. The molecule has 1 heterocycles. The van der Waals surface area contributed by atoms with E-state index in [1.165, 1.54) is 16.0 Å². The first-order chi connectivity index (χ1) is 9.78. The molecule has 0 spiro atoms. The summed E-state index contributed by atoms with van der Waals surface area (Å²) >= 11 is 7.99. The maximum Gasteiger partial charge on any atom is 0.0447 e. The van der Waals surface area contributed by atoms with Crippen LogP contribution >= 0.6 is 23.4 Å². The third kappa shape index (κ3) is 2.88. The normalized spacial score (nSPS) is 18.8. The zero-order valence-electron chi connectivity index (χ0n) is 11.5. The monoisotopic (exact) mass is 303 g/mol. The zero-order valence-corrected chi connectivity index (χ0v) is 13.0. The predicted octanol–water partition coefficient (Wildman–Crippen LogP) is 4.71. The van der Waals surface area contributed by atoms with Crippen LogP contribution in [0.25, 0.3) is 0 Å². The molecule has 0 saturated heterocycles. The highest BCUT2D eigenvalue weighted by Crippen LogP contribution is 2.42. The lowest BCUT2D eigenvalue weighted by molar-refractivity contribution is 0.532. The Bertz CT molecular complexity index is 557. The molecular formula is C17H18ClNS. The smallest absolute Gasteiger partial charge is 0.0447 e. The molecule has 3 heteroatoms. The van der Waals surface area contributed by atoms with E-state index in [4.69, 9.17) is 11.6 Å². The lowest BCUT2D eigenvalue weighted by atomic mass is 9.98. The van der Waals surface area contributed by atoms with E-state index in [2.05, 4.69) is 48.6 Å². The highest BCUT2D eigenvalue weighted by atomic mass is 35.5. The third-order valence-electron chi connectivity index (χ3n) is 3.70. The van der Waals surface area contributed by atoms with Crippen LogP contribution in [0.2, 0.25) is 5.02 Å². The maximum absolute atomic E-state index is 6.00. The van der Waals surface area contributed by atoms with E-state index in [1.807, 2.05) is 23.9 Å². The van der Waals surface area contributed by atoms with Gasteiger partial charge in [-0.05, 0) is 42.3 Å². The van der Waals surface area contributed by atoms with Crippen molar-refractivity contribution in [3.05, 3.63) is 64.7 Å². The van der Waals surface area contributed by atoms with Crippen LogP contribution in [0.1, 0.15) is 24.1 Å². The Morgan fingerprint density at radius 2 is 1.95 bits per heavy atom. The third-order valence-corrected chi connectivity index (χ3v) is 5.34. The van der Waals surface area contributed by atoms with Crippen LogP contribution in [0.5, 0.6) is 0 Å². The Hall–Kier alpha value is -0.960. The number of benzene rings is 2. The van der Waals surface area contributed by atoms with Crippen molar-refractivity contribution in [2.45, 2.75) is 29.5 Å². The summed E-state index contributed by atoms with van der Waals surface area (Å²) in [4.78, 5) is 1.43. The summed E-state index contributed by atoms with van der Waals surface area (Å²) in [6, 6.07) is 17.3. The molecule has 0 aliphatic carbocycles. The molecule has 0 saturated carbocycles. The molecule has 0 aromatic heterocycles. The fraction of sp³-hybridized carbons (Fsp3) is 0.294. The van der Waals surface area contributed by atoms with Gasteiger partial charge in [-0.2, -0.15) is 0 Å². The predicted molar refractivity (Wildman–Crippen MR) is 87.7 cm³/mol. The molecule has 0 bridgehead atoms. The summed E-state index contributed by atoms with van der Waals surface area (Å²) in [5.41, 5.74) is 2.79. The molecule has 1 nitrogen and oxygen atoms in total. The Morgan fingerprint density at radius 1 is 1.20 bits per heavy atom. The molecule has 1 aliphatic rings. The molecule has 2 aromatic carbocycles. The topological polar surface area (TPSA) is 12.0 Å². The fourth-order valence-electron chi connectivity index (χ4n) is 2.75. The first kappa shape index (κ1) is 14.0. The molecule has 1 N–H and O–H groups in total. The summed E-state index contributed by atoms with van der Waals surface area (Å²) in [5, 5.41) is 4.98. The van der Waals surface area contributed by atoms with E-state index < -0.39 is 0 Å². The first-order valence-corrected chi connectivity index (χ1v) is 8.27. The summed E-state index contributed by atoms with van der Waals surface area (Å²) < 4.78 is 0. The molecule has 0 fully saturated rings. The second-order valence-electron chi connectivity index (χ2n) is 5.06. The molecule has 0 amide bonds. The van der Waals surface area contributed by atoms with Gasteiger partial charge in [0.25, 0.3) is 0 Å². The van der Waals surface area contributed by atoms with Crippen LogP contribution < -0.4 is 5.32 Å². The zero-order chi connectivity index (χ0) is 13.9. The van der Waals surface area contributed by atoms with E-state index >= 15 is 0 Å². The molecule has 3 rings (SSSR count). The fourth-order valence-corrected chi connectivity index (χ4v) is 4.31. The van der Waals surface area contributed by atoms with Gasteiger partial charge in [0.05, 0.1) is 0 Å². The van der Waals surface area contributed by atoms with Gasteiger partial charge in [-0.3, -0.25) is 0 Å². The molecule has 2 unspecified atom stereocenters. The van der Waals surface area contributed by atoms with Crippen LogP contribution in [0.3, 0.4) is 0 Å². The maximum atomic E-state index is 6.00. The van der Waals surface area contributed by atoms with E-state index in [0.717, 1.165) is 18.0 Å². The van der Waals surface area contributed by atoms with Crippen molar-refractivity contribution in [1.29, 1.82) is 0 Å². The van der Waals surface area contributed by atoms with Crippen molar-refractivity contribution in [3.63, 3.8) is 0 Å². The van der Waals surface area contributed by atoms with Gasteiger partial charge in [0.15, 0.2) is 0 Å². The Balaban J connectivity index is 1.84. The molecule has 0 radical (unpaired) electrons. The van der Waals surface area contributed by atoms with Gasteiger partial charge in [0, 0.05) is 21.2 Å². The van der Waals surface area contributed by atoms with Crippen molar-refractivity contribution in [1.82, 2.24) is 5.32 Å². The minimum atomic E-state index is 0.370. The summed E-state index contributed by atoms with van der Waals surface area (Å²) in [7, 11) is 0. The van der Waals surface area contributed by atoms with Crippen LogP contribution in [0.4, 0.5) is 0 Å². The average Bonchev–Trinajstić information content (AvgIpc) is 2.89. The van der Waals surface area contributed by atoms with Crippen LogP contribution in [-0.4, -0.2) is 11.8 Å². The lowest BCUT2D eigenvalue weighted by Crippen LogP contribution is -2.29. The minimum Gasteiger partial charge on any atom is -0.309 e. The number of nitrogens with one attached hydrogen (secondary N) is 1. The molecule has 20 heavy (non-hydrogen) atoms. The van der Waals surface area contributed by atoms with Crippen LogP contribution in [0, 0.1) is 0 Å². The summed E-state index contributed by atoms with van der Waals surface area (Å²) in [6.45, 7) is 3.14. The number of hydrogen-bond acceptors (Lipinski definition) is 2. The molecule has 2 atom stereocenters. The Labute approximate surface area is 129 Å². The van der Waals surface area contributed by atoms with Gasteiger partial charge < -0.3 is 5.32 Å². The van der Waals surface area contributed by atoms with Crippen molar-refractivity contribution >= 4 is 23.4 Å². The van der Waals surface area contributed by atoms with Gasteiger partial charge in [-0.25, -0.2) is 0 Å². The van der Waals surface area contributed by atoms with Crippen molar-refractivity contribution in [3.8, 4) is 0 Å². The highest BCUT2D eigenvalue weighted by Gasteiger charge is 2.29. The summed E-state index contributed by atoms with van der Waals surface area (Å²) in [6.07, 6.45) is 1.13. The van der Waals surface area contributed by atoms with Crippen molar-refractivity contribution in [2.75, 3.05) is 6.54 Å². The van der Waals surface area contributed by atoms with Gasteiger partial charge in [-0.1, -0.05) is 48.9 Å². The quantitative estimate of drug-likeness (QED) is 0.878. The second kappa shape index (κ2) is 6.21. The Kier molecular flexibility index (Phi) is 4.35. The standard InChI is InChI=1S/C17H18ClNS/c1-2-19-17(12-7-9-14(18)10-8-12)16-11-13-5-3-4-6-15(13)20-16/h3-10,16-17,19H,2,11H2,1H3. The second-order valence-corrected chi connectivity index (χ2v) is 6.77. The highest BCUT2D eigenvalue weighted by molar-refractivity contribution is 8.00. The van der Waals surface area contributed by atoms with E-state index in [0.29, 0.717) is 11.3 Å². The Morgan fingerprint density at radius 3 is 2.65 bits per heavy atom. The first-order valence-electron chi connectivity index (χ1n) is 7.01. The van der Waals surface area contributed by atoms with E-state index in [1.54, 1.807) is 0 Å². The van der Waals surface area contributed by atoms with Gasteiger partial charge >= 0.3 is 0 Å². The molecule has 104 valence electrons. The van der Waals surface area contributed by atoms with Crippen molar-refractivity contribution < 1.29 is 0 Å². The van der Waals surface area contributed by atoms with Gasteiger partial charge in [0.2, 0.25) is 0 Å². The van der Waals surface area contributed by atoms with E-state index in [9.17, 15) is 0 Å². The number of halogens is 1. The number of rotatable bonds is 4. The number of hydrogen-bond donors (Lipinski definition) is 1. The SMILES string of the molecule is CCNC(c1ccc(Cl)cc1)C1Cc2ccccc2S1. The molecule has 1 aliphatic heterocycles. The van der Waals surface area contributed by atoms with Gasteiger partial charge in [0.1, 0.15) is 0 Å². The number of thioether (sulfide) groups is 1. The van der Waals surface area contributed by atoms with Crippen LogP contribution in [-0.2, 0) is 6.42 Å². The summed E-state index contributed by atoms with van der Waals surface area (Å²) in [5.74, 6) is 0. The van der Waals surface area contributed by atoms with Crippen LogP contribution in [0.15, 0.2) is 53.4 Å². The van der Waals surface area contributed by atoms with E-state index in [-0.39, 0.29) is 0 Å². The molecule has 2 aromatic rings. The number of fused-ring (bicyclic) bond motifs is 1. The van der Waals surface area contributed by atoms with Crippen molar-refractivity contribution in [2.24, 2.45) is 0 Å². The largest absolute Gasteiger partial charge is 0.309 e. The molecular weight excluding hydrogens is 286 g/mol. The lowest BCUT2D eigenvalue weighted by Gasteiger charge is -2.24. The average molecular weight is 304 g/mol.